The monoisotopic (exact) mass is 145 g/mol. The highest BCUT2D eigenvalue weighted by molar-refractivity contribution is 4.72. The maximum atomic E-state index is 8.86. The van der Waals surface area contributed by atoms with Gasteiger partial charge in [0.05, 0.1) is 6.61 Å². The van der Waals surface area contributed by atoms with Crippen LogP contribution in [0.2, 0.25) is 0 Å². The zero-order valence-electron chi connectivity index (χ0n) is 6.58. The van der Waals surface area contributed by atoms with Gasteiger partial charge in [-0.3, -0.25) is 0 Å². The molecule has 1 aliphatic carbocycles. The van der Waals surface area contributed by atoms with Crippen LogP contribution < -0.4 is 0 Å². The van der Waals surface area contributed by atoms with E-state index in [0.717, 1.165) is 17.6 Å². The highest BCUT2D eigenvalue weighted by Crippen LogP contribution is 2.29. The Labute approximate surface area is 61.5 Å². The fourth-order valence-corrected chi connectivity index (χ4v) is 0.668. The molecule has 0 heterocycles. The van der Waals surface area contributed by atoms with Gasteiger partial charge in [0.1, 0.15) is 6.23 Å². The molecule has 0 amide bonds. The molecule has 1 atom stereocenters. The summed E-state index contributed by atoms with van der Waals surface area (Å²) in [5.41, 5.74) is 0. The van der Waals surface area contributed by atoms with Gasteiger partial charge in [-0.2, -0.15) is 5.06 Å². The zero-order chi connectivity index (χ0) is 7.56. The van der Waals surface area contributed by atoms with Gasteiger partial charge in [-0.05, 0) is 25.7 Å². The first-order valence-electron chi connectivity index (χ1n) is 3.73. The van der Waals surface area contributed by atoms with Gasteiger partial charge in [0, 0.05) is 7.05 Å². The number of ether oxygens (including phenoxy) is 1. The minimum absolute atomic E-state index is 0.166. The molecular weight excluding hydrogens is 130 g/mol. The first kappa shape index (κ1) is 7.98. The molecule has 1 unspecified atom stereocenters. The van der Waals surface area contributed by atoms with E-state index < -0.39 is 0 Å². The molecule has 0 radical (unpaired) electrons. The van der Waals surface area contributed by atoms with Crippen molar-refractivity contribution in [1.82, 2.24) is 5.06 Å². The minimum atomic E-state index is -0.166. The molecule has 1 N–H and O–H groups in total. The first-order valence-corrected chi connectivity index (χ1v) is 3.73. The lowest BCUT2D eigenvalue weighted by atomic mass is 10.5. The third-order valence-corrected chi connectivity index (χ3v) is 1.80. The summed E-state index contributed by atoms with van der Waals surface area (Å²) in [6.07, 6.45) is 2.42. The minimum Gasteiger partial charge on any atom is -0.361 e. The maximum absolute atomic E-state index is 8.86. The fraction of sp³-hybridized carbons (Fsp3) is 1.00. The van der Waals surface area contributed by atoms with E-state index in [9.17, 15) is 0 Å². The molecule has 0 spiro atoms. The van der Waals surface area contributed by atoms with Crippen LogP contribution in [-0.2, 0) is 4.74 Å². The van der Waals surface area contributed by atoms with E-state index in [1.54, 1.807) is 7.05 Å². The second-order valence-corrected chi connectivity index (χ2v) is 2.95. The fourth-order valence-electron chi connectivity index (χ4n) is 0.668. The van der Waals surface area contributed by atoms with Crippen LogP contribution in [0, 0.1) is 5.92 Å². The Kier molecular flexibility index (Phi) is 2.65. The summed E-state index contributed by atoms with van der Waals surface area (Å²) in [7, 11) is 1.59. The van der Waals surface area contributed by atoms with Crippen molar-refractivity contribution >= 4 is 0 Å². The van der Waals surface area contributed by atoms with Crippen molar-refractivity contribution in [3.8, 4) is 0 Å². The summed E-state index contributed by atoms with van der Waals surface area (Å²) in [4.78, 5) is 0. The van der Waals surface area contributed by atoms with E-state index in [4.69, 9.17) is 9.94 Å². The van der Waals surface area contributed by atoms with Crippen LogP contribution in [0.3, 0.4) is 0 Å². The molecule has 3 nitrogen and oxygen atoms in total. The number of hydrogen-bond acceptors (Lipinski definition) is 3. The number of hydroxylamine groups is 2. The molecule has 1 fully saturated rings. The van der Waals surface area contributed by atoms with Crippen molar-refractivity contribution in [3.63, 3.8) is 0 Å². The van der Waals surface area contributed by atoms with Gasteiger partial charge in [-0.25, -0.2) is 0 Å². The molecule has 0 bridgehead atoms. The topological polar surface area (TPSA) is 32.7 Å². The SMILES string of the molecule is CC(OCC1CC1)N(C)O. The summed E-state index contributed by atoms with van der Waals surface area (Å²) < 4.78 is 5.30. The van der Waals surface area contributed by atoms with Crippen LogP contribution in [0.25, 0.3) is 0 Å². The van der Waals surface area contributed by atoms with Crippen LogP contribution in [0.4, 0.5) is 0 Å². The molecule has 1 rings (SSSR count). The van der Waals surface area contributed by atoms with Gasteiger partial charge >= 0.3 is 0 Å². The van der Waals surface area contributed by atoms with E-state index >= 15 is 0 Å². The van der Waals surface area contributed by atoms with Gasteiger partial charge < -0.3 is 9.94 Å². The zero-order valence-corrected chi connectivity index (χ0v) is 6.58. The lowest BCUT2D eigenvalue weighted by molar-refractivity contribution is -0.193. The lowest BCUT2D eigenvalue weighted by Gasteiger charge is -2.17. The van der Waals surface area contributed by atoms with E-state index in [0.29, 0.717) is 0 Å². The van der Waals surface area contributed by atoms with Crippen molar-refractivity contribution in [1.29, 1.82) is 0 Å². The predicted octanol–water partition coefficient (Wildman–Crippen LogP) is 1.08. The molecule has 0 saturated heterocycles. The van der Waals surface area contributed by atoms with Crippen molar-refractivity contribution in [3.05, 3.63) is 0 Å². The standard InChI is InChI=1S/C7H15NO2/c1-6(8(2)9)10-5-7-3-4-7/h6-7,9H,3-5H2,1-2H3. The normalized spacial score (nSPS) is 21.6. The van der Waals surface area contributed by atoms with Crippen LogP contribution in [-0.4, -0.2) is 30.2 Å². The summed E-state index contributed by atoms with van der Waals surface area (Å²) in [6.45, 7) is 2.63. The van der Waals surface area contributed by atoms with E-state index in [-0.39, 0.29) is 6.23 Å². The number of hydrogen-bond donors (Lipinski definition) is 1. The molecule has 0 aromatic carbocycles. The second kappa shape index (κ2) is 3.32. The van der Waals surface area contributed by atoms with Crippen LogP contribution >= 0.6 is 0 Å². The first-order chi connectivity index (χ1) is 4.70. The van der Waals surface area contributed by atoms with Crippen LogP contribution in [0.15, 0.2) is 0 Å². The summed E-state index contributed by atoms with van der Waals surface area (Å²) >= 11 is 0. The van der Waals surface area contributed by atoms with E-state index in [1.165, 1.54) is 12.8 Å². The Balaban J connectivity index is 1.99. The Morgan fingerprint density at radius 3 is 2.70 bits per heavy atom. The van der Waals surface area contributed by atoms with Crippen molar-refractivity contribution < 1.29 is 9.94 Å². The molecule has 60 valence electrons. The Morgan fingerprint density at radius 2 is 2.30 bits per heavy atom. The molecule has 1 aliphatic rings. The average molecular weight is 145 g/mol. The molecule has 0 aromatic rings. The highest BCUT2D eigenvalue weighted by Gasteiger charge is 2.22. The van der Waals surface area contributed by atoms with E-state index in [2.05, 4.69) is 0 Å². The van der Waals surface area contributed by atoms with E-state index in [1.807, 2.05) is 6.92 Å². The Morgan fingerprint density at radius 1 is 1.70 bits per heavy atom. The van der Waals surface area contributed by atoms with Gasteiger partial charge in [0.2, 0.25) is 0 Å². The molecule has 3 heteroatoms. The van der Waals surface area contributed by atoms with Crippen molar-refractivity contribution in [2.75, 3.05) is 13.7 Å². The largest absolute Gasteiger partial charge is 0.361 e. The van der Waals surface area contributed by atoms with Crippen molar-refractivity contribution in [2.45, 2.75) is 26.0 Å². The van der Waals surface area contributed by atoms with Crippen molar-refractivity contribution in [2.24, 2.45) is 5.92 Å². The summed E-state index contributed by atoms with van der Waals surface area (Å²) in [5.74, 6) is 0.766. The van der Waals surface area contributed by atoms with Gasteiger partial charge in [-0.15, -0.1) is 0 Å². The van der Waals surface area contributed by atoms with Gasteiger partial charge in [0.15, 0.2) is 0 Å². The smallest absolute Gasteiger partial charge is 0.129 e. The average Bonchev–Trinajstić information content (AvgIpc) is 2.64. The Bertz CT molecular complexity index is 102. The quantitative estimate of drug-likeness (QED) is 0.474. The highest BCUT2D eigenvalue weighted by atomic mass is 16.6. The van der Waals surface area contributed by atoms with Gasteiger partial charge in [-0.1, -0.05) is 0 Å². The second-order valence-electron chi connectivity index (χ2n) is 2.95. The lowest BCUT2D eigenvalue weighted by Crippen LogP contribution is -2.28. The van der Waals surface area contributed by atoms with Crippen LogP contribution in [0.1, 0.15) is 19.8 Å². The maximum Gasteiger partial charge on any atom is 0.129 e. The molecular formula is C7H15NO2. The summed E-state index contributed by atoms with van der Waals surface area (Å²) in [5, 5.41) is 9.95. The third kappa shape index (κ3) is 2.64. The van der Waals surface area contributed by atoms with Gasteiger partial charge in [0.25, 0.3) is 0 Å². The van der Waals surface area contributed by atoms with Crippen LogP contribution in [0.5, 0.6) is 0 Å². The predicted molar refractivity (Wildman–Crippen MR) is 37.7 cm³/mol. The summed E-state index contributed by atoms with van der Waals surface area (Å²) in [6, 6.07) is 0. The number of nitrogens with zero attached hydrogens (tertiary/aromatic N) is 1. The third-order valence-electron chi connectivity index (χ3n) is 1.80. The number of rotatable bonds is 4. The molecule has 0 aliphatic heterocycles. The molecule has 10 heavy (non-hydrogen) atoms. The Hall–Kier alpha value is -0.120. The molecule has 0 aromatic heterocycles. The molecule has 1 saturated carbocycles.